The number of carbonyl (C=O) groups is 1. The summed E-state index contributed by atoms with van der Waals surface area (Å²) in [7, 11) is 0. The minimum absolute atomic E-state index is 0.0902. The Bertz CT molecular complexity index is 640. The molecule has 6 heteroatoms. The van der Waals surface area contributed by atoms with Crippen LogP contribution in [0.2, 0.25) is 0 Å². The second kappa shape index (κ2) is 5.92. The largest absolute Gasteiger partial charge is 0.485 e. The fourth-order valence-corrected chi connectivity index (χ4v) is 1.56. The molecule has 0 heterocycles. The molecule has 5 nitrogen and oxygen atoms in total. The van der Waals surface area contributed by atoms with E-state index >= 15 is 0 Å². The Balaban J connectivity index is 1.99. The van der Waals surface area contributed by atoms with Crippen LogP contribution in [-0.2, 0) is 0 Å². The number of Topliss-reactive ketones (excluding diaryl/α,β-unsaturated/α-hetero) is 1. The SMILES string of the molecule is O=C(COc1cccc(F)c1)c1ccc([N+](=O)[O-])cc1. The molecule has 0 aliphatic heterocycles. The highest BCUT2D eigenvalue weighted by Gasteiger charge is 2.10. The van der Waals surface area contributed by atoms with E-state index in [1.165, 1.54) is 48.5 Å². The van der Waals surface area contributed by atoms with Gasteiger partial charge in [-0.25, -0.2) is 4.39 Å². The first-order valence-electron chi connectivity index (χ1n) is 5.72. The summed E-state index contributed by atoms with van der Waals surface area (Å²) in [5.74, 6) is -0.547. The molecule has 0 bridgehead atoms. The van der Waals surface area contributed by atoms with Gasteiger partial charge in [0.1, 0.15) is 11.6 Å². The minimum Gasteiger partial charge on any atom is -0.485 e. The fraction of sp³-hybridized carbons (Fsp3) is 0.0714. The maximum Gasteiger partial charge on any atom is 0.269 e. The summed E-state index contributed by atoms with van der Waals surface area (Å²) in [4.78, 5) is 21.7. The number of nitrogens with zero attached hydrogens (tertiary/aromatic N) is 1. The molecule has 0 amide bonds. The highest BCUT2D eigenvalue weighted by atomic mass is 19.1. The van der Waals surface area contributed by atoms with Gasteiger partial charge in [-0.3, -0.25) is 14.9 Å². The number of benzene rings is 2. The van der Waals surface area contributed by atoms with Gasteiger partial charge in [0.15, 0.2) is 12.4 Å². The molecular weight excluding hydrogens is 265 g/mol. The molecule has 20 heavy (non-hydrogen) atoms. The van der Waals surface area contributed by atoms with Crippen LogP contribution in [0.5, 0.6) is 5.75 Å². The third kappa shape index (κ3) is 3.38. The summed E-state index contributed by atoms with van der Waals surface area (Å²) in [6.45, 7) is -0.263. The lowest BCUT2D eigenvalue weighted by atomic mass is 10.1. The highest BCUT2D eigenvalue weighted by Crippen LogP contribution is 2.14. The van der Waals surface area contributed by atoms with Crippen molar-refractivity contribution in [2.45, 2.75) is 0 Å². The van der Waals surface area contributed by atoms with Crippen LogP contribution >= 0.6 is 0 Å². The van der Waals surface area contributed by atoms with Gasteiger partial charge in [-0.15, -0.1) is 0 Å². The van der Waals surface area contributed by atoms with Crippen molar-refractivity contribution in [2.75, 3.05) is 6.61 Å². The average Bonchev–Trinajstić information content (AvgIpc) is 2.45. The number of halogens is 1. The van der Waals surface area contributed by atoms with Crippen molar-refractivity contribution in [1.29, 1.82) is 0 Å². The van der Waals surface area contributed by atoms with Gasteiger partial charge in [-0.2, -0.15) is 0 Å². The normalized spacial score (nSPS) is 10.1. The quantitative estimate of drug-likeness (QED) is 0.478. The molecule has 0 aliphatic carbocycles. The third-order valence-corrected chi connectivity index (χ3v) is 2.57. The van der Waals surface area contributed by atoms with Crippen molar-refractivity contribution in [3.63, 3.8) is 0 Å². The maximum absolute atomic E-state index is 12.9. The van der Waals surface area contributed by atoms with E-state index in [0.29, 0.717) is 5.56 Å². The Morgan fingerprint density at radius 3 is 2.50 bits per heavy atom. The van der Waals surface area contributed by atoms with Crippen LogP contribution in [0.1, 0.15) is 10.4 Å². The molecule has 2 rings (SSSR count). The second-order valence-electron chi connectivity index (χ2n) is 3.97. The number of carbonyl (C=O) groups excluding carboxylic acids is 1. The molecule has 102 valence electrons. The predicted molar refractivity (Wildman–Crippen MR) is 69.3 cm³/mol. The van der Waals surface area contributed by atoms with E-state index in [9.17, 15) is 19.3 Å². The van der Waals surface area contributed by atoms with Crippen LogP contribution in [0.15, 0.2) is 48.5 Å². The molecule has 0 spiro atoms. The summed E-state index contributed by atoms with van der Waals surface area (Å²) in [6.07, 6.45) is 0. The summed E-state index contributed by atoms with van der Waals surface area (Å²) >= 11 is 0. The molecule has 0 radical (unpaired) electrons. The first-order valence-corrected chi connectivity index (χ1v) is 5.72. The average molecular weight is 275 g/mol. The zero-order valence-corrected chi connectivity index (χ0v) is 10.3. The Morgan fingerprint density at radius 2 is 1.90 bits per heavy atom. The number of hydrogen-bond donors (Lipinski definition) is 0. The first kappa shape index (κ1) is 13.7. The number of ether oxygens (including phenoxy) is 1. The summed E-state index contributed by atoms with van der Waals surface area (Å²) in [6, 6.07) is 10.6. The molecule has 0 fully saturated rings. The van der Waals surface area contributed by atoms with Gasteiger partial charge in [-0.05, 0) is 24.3 Å². The Morgan fingerprint density at radius 1 is 1.20 bits per heavy atom. The Kier molecular flexibility index (Phi) is 4.05. The van der Waals surface area contributed by atoms with Gasteiger partial charge < -0.3 is 4.74 Å². The van der Waals surface area contributed by atoms with E-state index in [0.717, 1.165) is 0 Å². The number of rotatable bonds is 5. The molecule has 0 saturated heterocycles. The van der Waals surface area contributed by atoms with Crippen LogP contribution in [0.4, 0.5) is 10.1 Å². The molecule has 0 aromatic heterocycles. The van der Waals surface area contributed by atoms with Gasteiger partial charge in [0.25, 0.3) is 5.69 Å². The zero-order valence-electron chi connectivity index (χ0n) is 10.3. The second-order valence-corrected chi connectivity index (χ2v) is 3.97. The van der Waals surface area contributed by atoms with E-state index in [1.54, 1.807) is 0 Å². The molecule has 2 aromatic carbocycles. The number of nitro groups is 1. The van der Waals surface area contributed by atoms with Gasteiger partial charge in [0, 0.05) is 23.8 Å². The summed E-state index contributed by atoms with van der Waals surface area (Å²) in [5.41, 5.74) is 0.208. The topological polar surface area (TPSA) is 69.4 Å². The fourth-order valence-electron chi connectivity index (χ4n) is 1.56. The Labute approximate surface area is 113 Å². The summed E-state index contributed by atoms with van der Waals surface area (Å²) < 4.78 is 18.1. The molecule has 2 aromatic rings. The first-order chi connectivity index (χ1) is 9.56. The number of ketones is 1. The van der Waals surface area contributed by atoms with Crippen molar-refractivity contribution in [2.24, 2.45) is 0 Å². The van der Waals surface area contributed by atoms with Crippen molar-refractivity contribution in [1.82, 2.24) is 0 Å². The molecule has 0 atom stereocenters. The number of nitro benzene ring substituents is 1. The lowest BCUT2D eigenvalue weighted by Crippen LogP contribution is -2.11. The van der Waals surface area contributed by atoms with E-state index in [4.69, 9.17) is 4.74 Å². The van der Waals surface area contributed by atoms with Gasteiger partial charge in [0.2, 0.25) is 0 Å². The van der Waals surface area contributed by atoms with Crippen molar-refractivity contribution in [3.05, 3.63) is 70.0 Å². The van der Waals surface area contributed by atoms with E-state index in [2.05, 4.69) is 0 Å². The van der Waals surface area contributed by atoms with Crippen LogP contribution < -0.4 is 4.74 Å². The lowest BCUT2D eigenvalue weighted by Gasteiger charge is -2.05. The minimum atomic E-state index is -0.544. The monoisotopic (exact) mass is 275 g/mol. The van der Waals surface area contributed by atoms with Crippen LogP contribution in [0.3, 0.4) is 0 Å². The van der Waals surface area contributed by atoms with Crippen molar-refractivity contribution >= 4 is 11.5 Å². The third-order valence-electron chi connectivity index (χ3n) is 2.57. The van der Waals surface area contributed by atoms with E-state index < -0.39 is 10.7 Å². The number of hydrogen-bond acceptors (Lipinski definition) is 4. The summed E-state index contributed by atoms with van der Waals surface area (Å²) in [5, 5.41) is 10.5. The predicted octanol–water partition coefficient (Wildman–Crippen LogP) is 3.00. The van der Waals surface area contributed by atoms with Gasteiger partial charge in [-0.1, -0.05) is 6.07 Å². The van der Waals surface area contributed by atoms with Gasteiger partial charge in [0.05, 0.1) is 4.92 Å². The standard InChI is InChI=1S/C14H10FNO4/c15-11-2-1-3-13(8-11)20-9-14(17)10-4-6-12(7-5-10)16(18)19/h1-8H,9H2. The zero-order chi connectivity index (χ0) is 14.5. The van der Waals surface area contributed by atoms with Crippen molar-refractivity contribution < 1.29 is 18.8 Å². The van der Waals surface area contributed by atoms with Crippen LogP contribution in [0.25, 0.3) is 0 Å². The smallest absolute Gasteiger partial charge is 0.269 e. The highest BCUT2D eigenvalue weighted by molar-refractivity contribution is 5.97. The molecular formula is C14H10FNO4. The lowest BCUT2D eigenvalue weighted by molar-refractivity contribution is -0.384. The van der Waals surface area contributed by atoms with E-state index in [1.807, 2.05) is 0 Å². The number of non-ortho nitro benzene ring substituents is 1. The van der Waals surface area contributed by atoms with Gasteiger partial charge >= 0.3 is 0 Å². The van der Waals surface area contributed by atoms with Crippen molar-refractivity contribution in [3.8, 4) is 5.75 Å². The molecule has 0 N–H and O–H groups in total. The molecule has 0 saturated carbocycles. The van der Waals surface area contributed by atoms with E-state index in [-0.39, 0.29) is 23.8 Å². The molecule has 0 unspecified atom stereocenters. The Hall–Kier alpha value is -2.76. The maximum atomic E-state index is 12.9. The van der Waals surface area contributed by atoms with Crippen LogP contribution in [-0.4, -0.2) is 17.3 Å². The molecule has 0 aliphatic rings. The van der Waals surface area contributed by atoms with Crippen LogP contribution in [0, 0.1) is 15.9 Å².